The average molecular weight is 165 g/mol. The van der Waals surface area contributed by atoms with Gasteiger partial charge in [0.25, 0.3) is 0 Å². The average Bonchev–Trinajstić information content (AvgIpc) is 2.43. The lowest BCUT2D eigenvalue weighted by atomic mass is 10.3. The number of hydrogen-bond donors (Lipinski definition) is 0. The Morgan fingerprint density at radius 2 is 2.67 bits per heavy atom. The van der Waals surface area contributed by atoms with Crippen LogP contribution in [0, 0.1) is 12.3 Å². The number of carbonyl (C=O) groups is 1. The molecule has 1 unspecified atom stereocenters. The first-order valence-corrected chi connectivity index (χ1v) is 3.79. The van der Waals surface area contributed by atoms with Crippen molar-refractivity contribution in [2.75, 3.05) is 13.2 Å². The Bertz CT molecular complexity index is 229. The van der Waals surface area contributed by atoms with Crippen LogP contribution in [-0.4, -0.2) is 30.2 Å². The fourth-order valence-corrected chi connectivity index (χ4v) is 1.10. The van der Waals surface area contributed by atoms with Gasteiger partial charge in [-0.3, -0.25) is 4.90 Å². The van der Waals surface area contributed by atoms with Crippen molar-refractivity contribution in [2.24, 2.45) is 0 Å². The number of amides is 1. The number of ether oxygens (including phenoxy) is 1. The van der Waals surface area contributed by atoms with E-state index in [1.54, 1.807) is 11.0 Å². The van der Waals surface area contributed by atoms with E-state index in [9.17, 15) is 4.79 Å². The Morgan fingerprint density at radius 3 is 3.25 bits per heavy atom. The third-order valence-electron chi connectivity index (χ3n) is 1.78. The molecule has 1 amide bonds. The maximum absolute atomic E-state index is 11.0. The first kappa shape index (κ1) is 8.66. The van der Waals surface area contributed by atoms with E-state index in [-0.39, 0.29) is 12.1 Å². The third kappa shape index (κ3) is 1.59. The number of nitrogens with zero attached hydrogens (tertiary/aromatic N) is 1. The van der Waals surface area contributed by atoms with Gasteiger partial charge in [-0.15, -0.1) is 18.9 Å². The lowest BCUT2D eigenvalue weighted by molar-refractivity contribution is 0.158. The predicted octanol–water partition coefficient (Wildman–Crippen LogP) is 1.02. The molecule has 0 spiro atoms. The molecule has 1 heterocycles. The summed E-state index contributed by atoms with van der Waals surface area (Å²) in [5, 5.41) is 0. The highest BCUT2D eigenvalue weighted by Crippen LogP contribution is 2.12. The molecule has 12 heavy (non-hydrogen) atoms. The molecule has 1 aliphatic heterocycles. The van der Waals surface area contributed by atoms with Gasteiger partial charge in [0.05, 0.1) is 6.04 Å². The highest BCUT2D eigenvalue weighted by molar-refractivity contribution is 5.70. The molecule has 0 aliphatic carbocycles. The van der Waals surface area contributed by atoms with Gasteiger partial charge in [-0.25, -0.2) is 4.79 Å². The van der Waals surface area contributed by atoms with Crippen LogP contribution >= 0.6 is 0 Å². The Balaban J connectivity index is 2.52. The Labute approximate surface area is 72.0 Å². The van der Waals surface area contributed by atoms with Crippen molar-refractivity contribution in [1.82, 2.24) is 4.90 Å². The van der Waals surface area contributed by atoms with Crippen LogP contribution in [0.2, 0.25) is 0 Å². The molecule has 1 fully saturated rings. The first-order chi connectivity index (χ1) is 5.79. The molecule has 1 saturated heterocycles. The molecule has 0 N–H and O–H groups in total. The second-order valence-electron chi connectivity index (χ2n) is 2.53. The molecule has 0 aromatic carbocycles. The summed E-state index contributed by atoms with van der Waals surface area (Å²) in [6, 6.07) is -0.00847. The Hall–Kier alpha value is -1.43. The van der Waals surface area contributed by atoms with Crippen molar-refractivity contribution in [3.05, 3.63) is 12.7 Å². The van der Waals surface area contributed by atoms with Crippen molar-refractivity contribution in [3.8, 4) is 12.3 Å². The zero-order valence-electron chi connectivity index (χ0n) is 6.82. The van der Waals surface area contributed by atoms with E-state index >= 15 is 0 Å². The number of carbonyl (C=O) groups excluding carboxylic acids is 1. The molecule has 1 atom stereocenters. The van der Waals surface area contributed by atoms with Crippen LogP contribution in [0.1, 0.15) is 6.42 Å². The molecular formula is C9H11NO2. The van der Waals surface area contributed by atoms with Gasteiger partial charge in [-0.2, -0.15) is 0 Å². The van der Waals surface area contributed by atoms with Crippen LogP contribution in [-0.2, 0) is 4.74 Å². The monoisotopic (exact) mass is 165 g/mol. The van der Waals surface area contributed by atoms with Gasteiger partial charge in [0.2, 0.25) is 0 Å². The van der Waals surface area contributed by atoms with Crippen LogP contribution in [0.5, 0.6) is 0 Å². The van der Waals surface area contributed by atoms with E-state index in [4.69, 9.17) is 11.2 Å². The molecule has 3 heteroatoms. The maximum atomic E-state index is 11.0. The zero-order chi connectivity index (χ0) is 8.97. The third-order valence-corrected chi connectivity index (χ3v) is 1.78. The minimum Gasteiger partial charge on any atom is -0.447 e. The summed E-state index contributed by atoms with van der Waals surface area (Å²) >= 11 is 0. The van der Waals surface area contributed by atoms with Gasteiger partial charge in [0.1, 0.15) is 6.61 Å². The molecule has 1 aliphatic rings. The molecule has 0 aromatic rings. The fourth-order valence-electron chi connectivity index (χ4n) is 1.10. The van der Waals surface area contributed by atoms with Crippen molar-refractivity contribution in [1.29, 1.82) is 0 Å². The summed E-state index contributed by atoms with van der Waals surface area (Å²) in [5.41, 5.74) is 0. The zero-order valence-corrected chi connectivity index (χ0v) is 6.82. The Morgan fingerprint density at radius 1 is 1.92 bits per heavy atom. The highest BCUT2D eigenvalue weighted by atomic mass is 16.6. The number of terminal acetylenes is 1. The van der Waals surface area contributed by atoms with Crippen LogP contribution in [0.3, 0.4) is 0 Å². The van der Waals surface area contributed by atoms with E-state index in [1.165, 1.54) is 0 Å². The van der Waals surface area contributed by atoms with Crippen LogP contribution in [0.4, 0.5) is 4.79 Å². The van der Waals surface area contributed by atoms with Crippen LogP contribution in [0.25, 0.3) is 0 Å². The Kier molecular flexibility index (Phi) is 2.76. The van der Waals surface area contributed by atoms with E-state index in [0.717, 1.165) is 0 Å². The molecule has 1 rings (SSSR count). The second-order valence-corrected chi connectivity index (χ2v) is 2.53. The molecule has 0 bridgehead atoms. The smallest absolute Gasteiger partial charge is 0.410 e. The molecule has 0 radical (unpaired) electrons. The minimum absolute atomic E-state index is 0.00847. The van der Waals surface area contributed by atoms with Crippen molar-refractivity contribution >= 4 is 6.09 Å². The number of cyclic esters (lactones) is 1. The maximum Gasteiger partial charge on any atom is 0.410 e. The fraction of sp³-hybridized carbons (Fsp3) is 0.444. The first-order valence-electron chi connectivity index (χ1n) is 3.79. The molecule has 0 saturated carbocycles. The van der Waals surface area contributed by atoms with Gasteiger partial charge >= 0.3 is 6.09 Å². The highest BCUT2D eigenvalue weighted by Gasteiger charge is 2.29. The minimum atomic E-state index is -0.296. The van der Waals surface area contributed by atoms with E-state index < -0.39 is 0 Å². The molecule has 0 aromatic heterocycles. The topological polar surface area (TPSA) is 29.5 Å². The summed E-state index contributed by atoms with van der Waals surface area (Å²) in [5.74, 6) is 2.48. The lowest BCUT2D eigenvalue weighted by Gasteiger charge is -2.16. The number of hydrogen-bond acceptors (Lipinski definition) is 2. The molecule has 64 valence electrons. The quantitative estimate of drug-likeness (QED) is 0.461. The van der Waals surface area contributed by atoms with Crippen molar-refractivity contribution in [3.63, 3.8) is 0 Å². The predicted molar refractivity (Wildman–Crippen MR) is 45.5 cm³/mol. The summed E-state index contributed by atoms with van der Waals surface area (Å²) < 4.78 is 4.81. The van der Waals surface area contributed by atoms with Crippen molar-refractivity contribution in [2.45, 2.75) is 12.5 Å². The molecule has 3 nitrogen and oxygen atoms in total. The number of rotatable bonds is 3. The van der Waals surface area contributed by atoms with Gasteiger partial charge in [-0.05, 0) is 0 Å². The van der Waals surface area contributed by atoms with Crippen LogP contribution < -0.4 is 0 Å². The normalized spacial score (nSPS) is 21.8. The van der Waals surface area contributed by atoms with E-state index in [0.29, 0.717) is 19.6 Å². The summed E-state index contributed by atoms with van der Waals surface area (Å²) in [6.07, 6.45) is 7.04. The van der Waals surface area contributed by atoms with Gasteiger partial charge in [0, 0.05) is 13.0 Å². The summed E-state index contributed by atoms with van der Waals surface area (Å²) in [6.45, 7) is 4.55. The van der Waals surface area contributed by atoms with Gasteiger partial charge in [0.15, 0.2) is 0 Å². The summed E-state index contributed by atoms with van der Waals surface area (Å²) in [7, 11) is 0. The van der Waals surface area contributed by atoms with E-state index in [2.05, 4.69) is 12.5 Å². The lowest BCUT2D eigenvalue weighted by Crippen LogP contribution is -2.32. The SMILES string of the molecule is C#CCCN1C(=O)OCC1C=C. The standard InChI is InChI=1S/C9H11NO2/c1-3-5-6-10-8(4-2)7-12-9(10)11/h1,4,8H,2,5-7H2. The molecular weight excluding hydrogens is 154 g/mol. The van der Waals surface area contributed by atoms with E-state index in [1.807, 2.05) is 0 Å². The van der Waals surface area contributed by atoms with Gasteiger partial charge < -0.3 is 4.74 Å². The van der Waals surface area contributed by atoms with Crippen LogP contribution in [0.15, 0.2) is 12.7 Å². The van der Waals surface area contributed by atoms with Gasteiger partial charge in [-0.1, -0.05) is 6.08 Å². The summed E-state index contributed by atoms with van der Waals surface area (Å²) in [4.78, 5) is 12.6. The second kappa shape index (κ2) is 3.82. The largest absolute Gasteiger partial charge is 0.447 e. The van der Waals surface area contributed by atoms with Crippen molar-refractivity contribution < 1.29 is 9.53 Å².